The van der Waals surface area contributed by atoms with Gasteiger partial charge in [0, 0.05) is 11.5 Å². The molecule has 0 aliphatic heterocycles. The highest BCUT2D eigenvalue weighted by Gasteiger charge is 2.29. The van der Waals surface area contributed by atoms with Crippen molar-refractivity contribution < 1.29 is 14.6 Å². The maximum Gasteiger partial charge on any atom is 0.412 e. The van der Waals surface area contributed by atoms with Gasteiger partial charge in [0.2, 0.25) is 0 Å². The number of hydrogen-bond acceptors (Lipinski definition) is 5. The van der Waals surface area contributed by atoms with Crippen LogP contribution in [0.25, 0.3) is 22.4 Å². The molecule has 0 saturated carbocycles. The van der Waals surface area contributed by atoms with Crippen LogP contribution in [0.3, 0.4) is 0 Å². The number of hydrogen-bond donors (Lipinski definition) is 2. The van der Waals surface area contributed by atoms with Gasteiger partial charge in [-0.2, -0.15) is 0 Å². The molecule has 0 saturated heterocycles. The first kappa shape index (κ1) is 18.8. The van der Waals surface area contributed by atoms with E-state index in [0.717, 1.165) is 11.1 Å². The lowest BCUT2D eigenvalue weighted by atomic mass is 9.98. The minimum atomic E-state index is -0.591. The molecule has 2 N–H and O–H groups in total. The lowest BCUT2D eigenvalue weighted by Crippen LogP contribution is -2.18. The van der Waals surface area contributed by atoms with Gasteiger partial charge in [-0.05, 0) is 34.4 Å². The molecule has 1 amide bonds. The van der Waals surface area contributed by atoms with Gasteiger partial charge < -0.3 is 9.84 Å². The molecule has 1 aliphatic rings. The maximum atomic E-state index is 12.4. The highest BCUT2D eigenvalue weighted by atomic mass is 16.5. The fourth-order valence-corrected chi connectivity index (χ4v) is 3.96. The lowest BCUT2D eigenvalue weighted by Gasteiger charge is -2.14. The van der Waals surface area contributed by atoms with E-state index in [1.807, 2.05) is 24.3 Å². The van der Waals surface area contributed by atoms with Crippen molar-refractivity contribution in [1.29, 1.82) is 0 Å². The zero-order valence-corrected chi connectivity index (χ0v) is 16.5. The van der Waals surface area contributed by atoms with Crippen molar-refractivity contribution in [2.75, 3.05) is 11.9 Å². The number of fused-ring (bicyclic) bond motifs is 3. The molecule has 0 atom stereocenters. The van der Waals surface area contributed by atoms with E-state index in [1.165, 1.54) is 23.5 Å². The molecule has 31 heavy (non-hydrogen) atoms. The monoisotopic (exact) mass is 409 g/mol. The van der Waals surface area contributed by atoms with Crippen molar-refractivity contribution in [3.8, 4) is 28.1 Å². The zero-order valence-electron chi connectivity index (χ0n) is 16.5. The summed E-state index contributed by atoms with van der Waals surface area (Å²) in [6.45, 7) is 0.225. The van der Waals surface area contributed by atoms with Crippen molar-refractivity contribution >= 4 is 11.9 Å². The van der Waals surface area contributed by atoms with E-state index in [-0.39, 0.29) is 24.1 Å². The van der Waals surface area contributed by atoms with Crippen molar-refractivity contribution in [3.05, 3.63) is 96.3 Å². The lowest BCUT2D eigenvalue weighted by molar-refractivity contribution is 0.158. The molecule has 0 spiro atoms. The number of benzene rings is 3. The van der Waals surface area contributed by atoms with Crippen molar-refractivity contribution in [2.45, 2.75) is 5.92 Å². The average Bonchev–Trinajstić information content (AvgIpc) is 3.12. The third-order valence-electron chi connectivity index (χ3n) is 5.41. The van der Waals surface area contributed by atoms with E-state index >= 15 is 0 Å². The molecule has 0 unspecified atom stereocenters. The minimum absolute atomic E-state index is 0.00679. The van der Waals surface area contributed by atoms with Gasteiger partial charge in [-0.15, -0.1) is 0 Å². The van der Waals surface area contributed by atoms with Crippen LogP contribution >= 0.6 is 0 Å². The second-order valence-electron chi connectivity index (χ2n) is 7.25. The van der Waals surface area contributed by atoms with Crippen molar-refractivity contribution in [1.82, 2.24) is 9.97 Å². The molecule has 1 aromatic heterocycles. The van der Waals surface area contributed by atoms with E-state index in [2.05, 4.69) is 39.6 Å². The number of aromatic hydroxyl groups is 1. The molecule has 0 radical (unpaired) electrons. The third kappa shape index (κ3) is 3.59. The Kier molecular flexibility index (Phi) is 4.80. The normalized spacial score (nSPS) is 12.1. The Bertz CT molecular complexity index is 1210. The van der Waals surface area contributed by atoms with Gasteiger partial charge in [-0.1, -0.05) is 60.7 Å². The molecule has 4 aromatic rings. The summed E-state index contributed by atoms with van der Waals surface area (Å²) < 4.78 is 5.52. The van der Waals surface area contributed by atoms with Gasteiger partial charge in [-0.3, -0.25) is 10.3 Å². The number of amides is 1. The second-order valence-corrected chi connectivity index (χ2v) is 7.25. The minimum Gasteiger partial charge on any atom is -0.507 e. The SMILES string of the molecule is O=C(Nc1cnc(-c2ccccc2O)cn1)OCC1c2ccccc2-c2ccccc21. The van der Waals surface area contributed by atoms with E-state index < -0.39 is 6.09 Å². The molecular formula is C25H19N3O3. The number of aromatic nitrogens is 2. The van der Waals surface area contributed by atoms with Crippen molar-refractivity contribution in [2.24, 2.45) is 0 Å². The number of carbonyl (C=O) groups excluding carboxylic acids is 1. The van der Waals surface area contributed by atoms with Gasteiger partial charge in [0.05, 0.1) is 18.1 Å². The predicted molar refractivity (Wildman–Crippen MR) is 118 cm³/mol. The number of para-hydroxylation sites is 1. The molecule has 1 aliphatic carbocycles. The molecule has 0 fully saturated rings. The largest absolute Gasteiger partial charge is 0.507 e. The summed E-state index contributed by atoms with van der Waals surface area (Å²) in [7, 11) is 0. The Balaban J connectivity index is 1.26. The molecule has 6 nitrogen and oxygen atoms in total. The van der Waals surface area contributed by atoms with Crippen LogP contribution in [0.1, 0.15) is 17.0 Å². The predicted octanol–water partition coefficient (Wildman–Crippen LogP) is 5.21. The Morgan fingerprint density at radius 2 is 1.45 bits per heavy atom. The van der Waals surface area contributed by atoms with Crippen LogP contribution in [0.4, 0.5) is 10.6 Å². The van der Waals surface area contributed by atoms with Crippen LogP contribution in [0.15, 0.2) is 85.2 Å². The summed E-state index contributed by atoms with van der Waals surface area (Å²) in [6, 6.07) is 23.2. The van der Waals surface area contributed by atoms with E-state index in [9.17, 15) is 9.90 Å². The highest BCUT2D eigenvalue weighted by Crippen LogP contribution is 2.44. The Morgan fingerprint density at radius 3 is 2.06 bits per heavy atom. The van der Waals surface area contributed by atoms with E-state index in [1.54, 1.807) is 24.3 Å². The highest BCUT2D eigenvalue weighted by molar-refractivity contribution is 5.84. The molecule has 5 rings (SSSR count). The van der Waals surface area contributed by atoms with Crippen LogP contribution in [0.2, 0.25) is 0 Å². The standard InChI is InChI=1S/C25H19N3O3/c29-23-12-6-5-11-20(23)22-13-27-24(14-26-22)28-25(30)31-15-21-18-9-3-1-7-16(18)17-8-2-4-10-19(17)21/h1-14,21,29H,15H2,(H,27,28,30). The average molecular weight is 409 g/mol. The first-order valence-electron chi connectivity index (χ1n) is 9.93. The molecular weight excluding hydrogens is 390 g/mol. The number of carbonyl (C=O) groups is 1. The van der Waals surface area contributed by atoms with Crippen LogP contribution < -0.4 is 5.32 Å². The van der Waals surface area contributed by atoms with E-state index in [4.69, 9.17) is 4.74 Å². The molecule has 152 valence electrons. The molecule has 0 bridgehead atoms. The number of nitrogens with one attached hydrogen (secondary N) is 1. The number of phenolic OH excluding ortho intramolecular Hbond substituents is 1. The fourth-order valence-electron chi connectivity index (χ4n) is 3.96. The van der Waals surface area contributed by atoms with Gasteiger partial charge in [0.25, 0.3) is 0 Å². The summed E-state index contributed by atoms with van der Waals surface area (Å²) in [5.74, 6) is 0.387. The maximum absolute atomic E-state index is 12.4. The van der Waals surface area contributed by atoms with Gasteiger partial charge in [0.1, 0.15) is 12.4 Å². The zero-order chi connectivity index (χ0) is 21.2. The third-order valence-corrected chi connectivity index (χ3v) is 5.41. The Hall–Kier alpha value is -4.19. The topological polar surface area (TPSA) is 84.3 Å². The first-order chi connectivity index (χ1) is 15.2. The number of phenols is 1. The Labute approximate surface area is 179 Å². The van der Waals surface area contributed by atoms with Gasteiger partial charge >= 0.3 is 6.09 Å². The summed E-state index contributed by atoms with van der Waals surface area (Å²) >= 11 is 0. The van der Waals surface area contributed by atoms with Crippen LogP contribution in [0.5, 0.6) is 5.75 Å². The molecule has 3 aromatic carbocycles. The number of ether oxygens (including phenoxy) is 1. The molecule has 1 heterocycles. The fraction of sp³-hybridized carbons (Fsp3) is 0.0800. The van der Waals surface area contributed by atoms with Crippen LogP contribution in [-0.2, 0) is 4.74 Å². The summed E-state index contributed by atoms with van der Waals surface area (Å²) in [5, 5.41) is 12.5. The number of anilines is 1. The quantitative estimate of drug-likeness (QED) is 0.483. The summed E-state index contributed by atoms with van der Waals surface area (Å²) in [5.41, 5.74) is 5.75. The summed E-state index contributed by atoms with van der Waals surface area (Å²) in [6.07, 6.45) is 2.34. The Morgan fingerprint density at radius 1 is 0.839 bits per heavy atom. The number of rotatable bonds is 4. The van der Waals surface area contributed by atoms with E-state index in [0.29, 0.717) is 11.3 Å². The van der Waals surface area contributed by atoms with Crippen molar-refractivity contribution in [3.63, 3.8) is 0 Å². The smallest absolute Gasteiger partial charge is 0.412 e. The summed E-state index contributed by atoms with van der Waals surface area (Å²) in [4.78, 5) is 20.8. The van der Waals surface area contributed by atoms with Gasteiger partial charge in [0.15, 0.2) is 5.82 Å². The number of nitrogens with zero attached hydrogens (tertiary/aromatic N) is 2. The second kappa shape index (κ2) is 7.91. The first-order valence-corrected chi connectivity index (χ1v) is 9.93. The molecule has 6 heteroatoms. The van der Waals surface area contributed by atoms with Crippen LogP contribution in [0, 0.1) is 0 Å². The van der Waals surface area contributed by atoms with Crippen LogP contribution in [-0.4, -0.2) is 27.8 Å². The van der Waals surface area contributed by atoms with Gasteiger partial charge in [-0.25, -0.2) is 9.78 Å².